The molecule has 0 aliphatic carbocycles. The molecule has 3 heterocycles. The molecule has 0 unspecified atom stereocenters. The van der Waals surface area contributed by atoms with E-state index in [4.69, 9.17) is 0 Å². The molecular formula is C58H37N3. The van der Waals surface area contributed by atoms with Gasteiger partial charge in [0.25, 0.3) is 0 Å². The lowest BCUT2D eigenvalue weighted by atomic mass is 9.94. The van der Waals surface area contributed by atoms with Crippen LogP contribution in [0.1, 0.15) is 0 Å². The molecule has 0 aliphatic rings. The summed E-state index contributed by atoms with van der Waals surface area (Å²) in [4.78, 5) is 0. The monoisotopic (exact) mass is 775 g/mol. The highest BCUT2D eigenvalue weighted by atomic mass is 15.0. The van der Waals surface area contributed by atoms with Crippen molar-refractivity contribution in [2.75, 3.05) is 0 Å². The smallest absolute Gasteiger partial charge is 0.0619 e. The second-order valence-electron chi connectivity index (χ2n) is 16.1. The Morgan fingerprint density at radius 3 is 1.39 bits per heavy atom. The van der Waals surface area contributed by atoms with E-state index in [9.17, 15) is 0 Å². The Morgan fingerprint density at radius 2 is 0.705 bits per heavy atom. The summed E-state index contributed by atoms with van der Waals surface area (Å²) in [6.07, 6.45) is 0. The van der Waals surface area contributed by atoms with Crippen LogP contribution in [0.4, 0.5) is 0 Å². The molecule has 13 aromatic rings. The number of hydrogen-bond donors (Lipinski definition) is 0. The first-order chi connectivity index (χ1) is 30.3. The van der Waals surface area contributed by atoms with Crippen molar-refractivity contribution in [2.24, 2.45) is 0 Å². The van der Waals surface area contributed by atoms with Crippen LogP contribution in [0.5, 0.6) is 0 Å². The minimum absolute atomic E-state index is 1.15. The maximum absolute atomic E-state index is 2.46. The number of benzene rings is 10. The van der Waals surface area contributed by atoms with Crippen LogP contribution in [0.15, 0.2) is 224 Å². The van der Waals surface area contributed by atoms with Gasteiger partial charge in [-0.15, -0.1) is 0 Å². The fourth-order valence-corrected chi connectivity index (χ4v) is 10.1. The van der Waals surface area contributed by atoms with E-state index in [1.54, 1.807) is 0 Å². The highest BCUT2D eigenvalue weighted by Crippen LogP contribution is 2.44. The van der Waals surface area contributed by atoms with Gasteiger partial charge in [0.1, 0.15) is 0 Å². The van der Waals surface area contributed by atoms with E-state index in [0.717, 1.165) is 11.4 Å². The van der Waals surface area contributed by atoms with E-state index in [2.05, 4.69) is 238 Å². The highest BCUT2D eigenvalue weighted by Gasteiger charge is 2.21. The van der Waals surface area contributed by atoms with Crippen molar-refractivity contribution in [3.8, 4) is 39.3 Å². The van der Waals surface area contributed by atoms with Crippen LogP contribution in [-0.4, -0.2) is 13.7 Å². The zero-order valence-electron chi connectivity index (χ0n) is 33.2. The lowest BCUT2D eigenvalue weighted by Gasteiger charge is -2.15. The molecule has 0 atom stereocenters. The normalized spacial score (nSPS) is 11.9. The minimum atomic E-state index is 1.15. The molecule has 3 aromatic heterocycles. The van der Waals surface area contributed by atoms with Gasteiger partial charge >= 0.3 is 0 Å². The molecule has 0 aliphatic heterocycles. The number of rotatable bonds is 5. The summed E-state index contributed by atoms with van der Waals surface area (Å²) in [7, 11) is 0. The molecule has 284 valence electrons. The van der Waals surface area contributed by atoms with E-state index in [1.165, 1.54) is 104 Å². The van der Waals surface area contributed by atoms with E-state index in [0.29, 0.717) is 0 Å². The van der Waals surface area contributed by atoms with Gasteiger partial charge < -0.3 is 13.7 Å². The Labute approximate surface area is 352 Å². The number of aromatic nitrogens is 3. The first-order valence-corrected chi connectivity index (χ1v) is 21.0. The molecule has 0 bridgehead atoms. The topological polar surface area (TPSA) is 14.8 Å². The lowest BCUT2D eigenvalue weighted by Crippen LogP contribution is -1.96. The van der Waals surface area contributed by atoms with Crippen molar-refractivity contribution < 1.29 is 0 Å². The zero-order valence-corrected chi connectivity index (χ0v) is 33.2. The van der Waals surface area contributed by atoms with Gasteiger partial charge in [0.2, 0.25) is 0 Å². The Morgan fingerprint density at radius 1 is 0.246 bits per heavy atom. The average Bonchev–Trinajstić information content (AvgIpc) is 3.97. The van der Waals surface area contributed by atoms with Crippen LogP contribution >= 0.6 is 0 Å². The van der Waals surface area contributed by atoms with Gasteiger partial charge in [-0.1, -0.05) is 140 Å². The first kappa shape index (κ1) is 33.8. The molecule has 0 amide bonds. The van der Waals surface area contributed by atoms with Crippen molar-refractivity contribution in [2.45, 2.75) is 0 Å². The Bertz CT molecular complexity index is 3860. The van der Waals surface area contributed by atoms with Gasteiger partial charge in [-0.05, 0) is 107 Å². The van der Waals surface area contributed by atoms with Crippen molar-refractivity contribution in [3.63, 3.8) is 0 Å². The molecule has 3 nitrogen and oxygen atoms in total. The second-order valence-corrected chi connectivity index (χ2v) is 16.1. The molecule has 3 heteroatoms. The Hall–Kier alpha value is -8.14. The van der Waals surface area contributed by atoms with Crippen molar-refractivity contribution in [1.82, 2.24) is 13.7 Å². The summed E-state index contributed by atoms with van der Waals surface area (Å²) in [6.45, 7) is 0. The van der Waals surface area contributed by atoms with Crippen LogP contribution in [0.3, 0.4) is 0 Å². The molecule has 0 spiro atoms. The van der Waals surface area contributed by atoms with Gasteiger partial charge in [0, 0.05) is 54.6 Å². The van der Waals surface area contributed by atoms with Crippen molar-refractivity contribution in [1.29, 1.82) is 0 Å². The van der Waals surface area contributed by atoms with E-state index < -0.39 is 0 Å². The average molecular weight is 776 g/mol. The summed E-state index contributed by atoms with van der Waals surface area (Å²) in [5.41, 5.74) is 15.5. The van der Waals surface area contributed by atoms with Crippen molar-refractivity contribution in [3.05, 3.63) is 224 Å². The Kier molecular flexibility index (Phi) is 7.31. The second kappa shape index (κ2) is 13.2. The third-order valence-electron chi connectivity index (χ3n) is 12.8. The standard InChI is InChI=1S/C58H37N3/c1-3-18-42(19-4-1)59-53-26-12-9-23-45(53)50-35-40(31-33-56(50)59)48-36-41(37-51-47-25-11-13-27-54(47)60(58(48)51)43-20-5-2-6-21-43)39-30-32-57-49(34-39)46-24-10-14-28-55(46)61(57)52-29-15-17-38-16-7-8-22-44(38)52/h1-37H. The zero-order chi connectivity index (χ0) is 40.0. The van der Waals surface area contributed by atoms with Gasteiger partial charge in [0.05, 0.1) is 38.8 Å². The van der Waals surface area contributed by atoms with E-state index in [1.807, 2.05) is 0 Å². The maximum Gasteiger partial charge on any atom is 0.0619 e. The van der Waals surface area contributed by atoms with Crippen LogP contribution in [0.25, 0.3) is 116 Å². The number of nitrogens with zero attached hydrogens (tertiary/aromatic N) is 3. The lowest BCUT2D eigenvalue weighted by molar-refractivity contribution is 1.18. The predicted molar refractivity (Wildman–Crippen MR) is 258 cm³/mol. The third kappa shape index (κ3) is 5.04. The van der Waals surface area contributed by atoms with Gasteiger partial charge in [-0.2, -0.15) is 0 Å². The molecule has 13 rings (SSSR count). The number of para-hydroxylation sites is 5. The fourth-order valence-electron chi connectivity index (χ4n) is 10.1. The van der Waals surface area contributed by atoms with Crippen LogP contribution in [0, 0.1) is 0 Å². The predicted octanol–water partition coefficient (Wildman–Crippen LogP) is 15.5. The number of fused-ring (bicyclic) bond motifs is 10. The third-order valence-corrected chi connectivity index (χ3v) is 12.8. The first-order valence-electron chi connectivity index (χ1n) is 21.0. The molecule has 0 saturated heterocycles. The molecule has 0 radical (unpaired) electrons. The van der Waals surface area contributed by atoms with Crippen molar-refractivity contribution >= 4 is 76.2 Å². The van der Waals surface area contributed by atoms with Gasteiger partial charge in [-0.3, -0.25) is 0 Å². The molecule has 0 fully saturated rings. The molecule has 61 heavy (non-hydrogen) atoms. The van der Waals surface area contributed by atoms with Crippen LogP contribution in [0.2, 0.25) is 0 Å². The van der Waals surface area contributed by atoms with Crippen LogP contribution < -0.4 is 0 Å². The quantitative estimate of drug-likeness (QED) is 0.165. The van der Waals surface area contributed by atoms with E-state index >= 15 is 0 Å². The molecule has 0 N–H and O–H groups in total. The number of hydrogen-bond acceptors (Lipinski definition) is 0. The molecular weight excluding hydrogens is 739 g/mol. The summed E-state index contributed by atoms with van der Waals surface area (Å²) >= 11 is 0. The highest BCUT2D eigenvalue weighted by molar-refractivity contribution is 6.18. The summed E-state index contributed by atoms with van der Waals surface area (Å²) in [6, 6.07) is 82.3. The fraction of sp³-hybridized carbons (Fsp3) is 0. The van der Waals surface area contributed by atoms with Crippen LogP contribution in [-0.2, 0) is 0 Å². The maximum atomic E-state index is 2.46. The SMILES string of the molecule is c1ccc(-n2c3ccccc3c3cc(-c4cc(-c5ccc6c(c5)c5ccccc5n6-c5cccc6ccccc56)cc5c6ccccc6n(-c6ccccc6)c45)ccc32)cc1. The molecule has 0 saturated carbocycles. The summed E-state index contributed by atoms with van der Waals surface area (Å²) in [5, 5.41) is 9.91. The van der Waals surface area contributed by atoms with Gasteiger partial charge in [0.15, 0.2) is 0 Å². The summed E-state index contributed by atoms with van der Waals surface area (Å²) in [5.74, 6) is 0. The Balaban J connectivity index is 1.10. The summed E-state index contributed by atoms with van der Waals surface area (Å²) < 4.78 is 7.30. The largest absolute Gasteiger partial charge is 0.309 e. The van der Waals surface area contributed by atoms with Gasteiger partial charge in [-0.25, -0.2) is 0 Å². The van der Waals surface area contributed by atoms with E-state index in [-0.39, 0.29) is 0 Å². The molecule has 10 aromatic carbocycles. The minimum Gasteiger partial charge on any atom is -0.309 e.